The number of rotatable bonds is 2. The summed E-state index contributed by atoms with van der Waals surface area (Å²) in [6.07, 6.45) is 13.7. The van der Waals surface area contributed by atoms with Gasteiger partial charge in [-0.1, -0.05) is 86.1 Å². The van der Waals surface area contributed by atoms with Gasteiger partial charge in [-0.3, -0.25) is 0 Å². The second kappa shape index (κ2) is 4.72. The molecule has 1 aliphatic rings. The Morgan fingerprint density at radius 1 is 0.625 bits per heavy atom. The first-order valence-electron chi connectivity index (χ1n) is 5.99. The van der Waals surface area contributed by atoms with E-state index in [0.29, 0.717) is 0 Å². The van der Waals surface area contributed by atoms with Crippen molar-refractivity contribution in [3.05, 3.63) is 46.8 Å². The van der Waals surface area contributed by atoms with E-state index < -0.39 is 16.1 Å². The fourth-order valence-corrected chi connectivity index (χ4v) is 4.01. The third-order valence-electron chi connectivity index (χ3n) is 2.84. The predicted molar refractivity (Wildman–Crippen MR) is 81.1 cm³/mol. The third-order valence-corrected chi connectivity index (χ3v) is 6.97. The second-order valence-corrected chi connectivity index (χ2v) is 16.6. The minimum absolute atomic E-state index is 1.17. The van der Waals surface area contributed by atoms with Crippen LogP contribution in [-0.4, -0.2) is 16.1 Å². The zero-order valence-corrected chi connectivity index (χ0v) is 13.5. The highest BCUT2D eigenvalue weighted by atomic mass is 28.3. The Morgan fingerprint density at radius 3 is 1.19 bits per heavy atom. The van der Waals surface area contributed by atoms with Crippen molar-refractivity contribution in [2.75, 3.05) is 0 Å². The van der Waals surface area contributed by atoms with E-state index in [4.69, 9.17) is 0 Å². The molecule has 0 nitrogen and oxygen atoms in total. The molecule has 0 aromatic heterocycles. The topological polar surface area (TPSA) is 0 Å². The SMILES string of the molecule is C[Si](C)(C)C1=C/C=C\C([Si](C)(C)C)=C/C=C\1. The van der Waals surface area contributed by atoms with E-state index in [1.54, 1.807) is 0 Å². The van der Waals surface area contributed by atoms with E-state index >= 15 is 0 Å². The van der Waals surface area contributed by atoms with Crippen molar-refractivity contribution >= 4 is 16.1 Å². The molecule has 0 amide bonds. The molecule has 0 aromatic rings. The lowest BCUT2D eigenvalue weighted by atomic mass is 10.3. The minimum Gasteiger partial charge on any atom is -0.0656 e. The van der Waals surface area contributed by atoms with Gasteiger partial charge in [0.05, 0.1) is 16.1 Å². The first kappa shape index (κ1) is 13.5. The largest absolute Gasteiger partial charge is 0.0775 e. The van der Waals surface area contributed by atoms with Gasteiger partial charge in [0, 0.05) is 0 Å². The van der Waals surface area contributed by atoms with E-state index in [0.717, 1.165) is 0 Å². The highest BCUT2D eigenvalue weighted by Gasteiger charge is 2.19. The van der Waals surface area contributed by atoms with Crippen LogP contribution in [0.4, 0.5) is 0 Å². The van der Waals surface area contributed by atoms with Gasteiger partial charge in [-0.05, 0) is 0 Å². The molecule has 0 heterocycles. The van der Waals surface area contributed by atoms with Crippen LogP contribution in [0.5, 0.6) is 0 Å². The summed E-state index contributed by atoms with van der Waals surface area (Å²) < 4.78 is 0. The van der Waals surface area contributed by atoms with Gasteiger partial charge in [0.1, 0.15) is 0 Å². The van der Waals surface area contributed by atoms with Crippen LogP contribution in [0.2, 0.25) is 39.3 Å². The van der Waals surface area contributed by atoms with Crippen molar-refractivity contribution in [3.8, 4) is 0 Å². The van der Waals surface area contributed by atoms with Gasteiger partial charge in [-0.2, -0.15) is 0 Å². The van der Waals surface area contributed by atoms with Gasteiger partial charge in [0.15, 0.2) is 0 Å². The van der Waals surface area contributed by atoms with Gasteiger partial charge in [-0.15, -0.1) is 0 Å². The summed E-state index contributed by atoms with van der Waals surface area (Å²) in [6, 6.07) is 0. The van der Waals surface area contributed by atoms with Crippen LogP contribution in [0.25, 0.3) is 0 Å². The molecular formula is C14H24Si2. The van der Waals surface area contributed by atoms with Gasteiger partial charge < -0.3 is 0 Å². The van der Waals surface area contributed by atoms with Gasteiger partial charge in [0.2, 0.25) is 0 Å². The molecule has 0 aromatic carbocycles. The van der Waals surface area contributed by atoms with Crippen LogP contribution in [-0.2, 0) is 0 Å². The summed E-state index contributed by atoms with van der Waals surface area (Å²) in [5, 5.41) is 3.05. The highest BCUT2D eigenvalue weighted by molar-refractivity contribution is 6.84. The van der Waals surface area contributed by atoms with E-state index in [9.17, 15) is 0 Å². The average Bonchev–Trinajstić information content (AvgIpc) is 1.96. The van der Waals surface area contributed by atoms with E-state index in [-0.39, 0.29) is 0 Å². The van der Waals surface area contributed by atoms with Crippen LogP contribution in [0.15, 0.2) is 46.8 Å². The maximum atomic E-state index is 2.39. The molecule has 88 valence electrons. The maximum absolute atomic E-state index is 2.39. The normalized spacial score (nSPS) is 28.1. The lowest BCUT2D eigenvalue weighted by Crippen LogP contribution is -2.24. The van der Waals surface area contributed by atoms with E-state index in [1.807, 2.05) is 0 Å². The van der Waals surface area contributed by atoms with Crippen molar-refractivity contribution in [3.63, 3.8) is 0 Å². The number of allylic oxidation sites excluding steroid dienone is 8. The lowest BCUT2D eigenvalue weighted by molar-refractivity contribution is 1.59. The molecule has 0 unspecified atom stereocenters. The van der Waals surface area contributed by atoms with Crippen LogP contribution in [0.3, 0.4) is 0 Å². The maximum Gasteiger partial charge on any atom is 0.0775 e. The Labute approximate surface area is 102 Å². The Kier molecular flexibility index (Phi) is 3.97. The number of hydrogen-bond acceptors (Lipinski definition) is 0. The second-order valence-electron chi connectivity index (χ2n) is 6.46. The van der Waals surface area contributed by atoms with Crippen molar-refractivity contribution in [1.29, 1.82) is 0 Å². The molecule has 0 fully saturated rings. The van der Waals surface area contributed by atoms with Crippen molar-refractivity contribution in [2.24, 2.45) is 0 Å². The van der Waals surface area contributed by atoms with Crippen molar-refractivity contribution in [1.82, 2.24) is 0 Å². The van der Waals surface area contributed by atoms with Crippen LogP contribution < -0.4 is 0 Å². The summed E-state index contributed by atoms with van der Waals surface area (Å²) in [5.74, 6) is 0. The van der Waals surface area contributed by atoms with Gasteiger partial charge >= 0.3 is 0 Å². The zero-order chi connectivity index (χ0) is 12.4. The molecule has 0 saturated carbocycles. The van der Waals surface area contributed by atoms with Gasteiger partial charge in [-0.25, -0.2) is 0 Å². The smallest absolute Gasteiger partial charge is 0.0656 e. The zero-order valence-electron chi connectivity index (χ0n) is 11.5. The highest BCUT2D eigenvalue weighted by Crippen LogP contribution is 2.21. The molecule has 0 radical (unpaired) electrons. The average molecular weight is 249 g/mol. The summed E-state index contributed by atoms with van der Waals surface area (Å²) in [5.41, 5.74) is 0. The van der Waals surface area contributed by atoms with Crippen LogP contribution >= 0.6 is 0 Å². The standard InChI is InChI=1S/C14H24Si2/c1-15(2,3)13-9-7-11-14(12-8-10-13)16(4,5)6/h7-12H,1-6H3/b9-7-,10-8?,11-7?,12-8-,13-9?,13-10+,14-11+,14-12?. The molecule has 2 heteroatoms. The molecule has 0 saturated heterocycles. The summed E-state index contributed by atoms with van der Waals surface area (Å²) >= 11 is 0. The predicted octanol–water partition coefficient (Wildman–Crippen LogP) is 4.72. The van der Waals surface area contributed by atoms with Crippen LogP contribution in [0.1, 0.15) is 0 Å². The van der Waals surface area contributed by atoms with E-state index in [1.165, 1.54) is 10.4 Å². The molecule has 0 N–H and O–H groups in total. The molecule has 0 bridgehead atoms. The lowest BCUT2D eigenvalue weighted by Gasteiger charge is -2.20. The molecule has 0 spiro atoms. The molecule has 0 atom stereocenters. The fraction of sp³-hybridized carbons (Fsp3) is 0.429. The summed E-state index contributed by atoms with van der Waals surface area (Å²) in [7, 11) is -2.35. The van der Waals surface area contributed by atoms with Crippen molar-refractivity contribution in [2.45, 2.75) is 39.3 Å². The molecule has 1 aliphatic carbocycles. The Hall–Kier alpha value is -0.606. The fourth-order valence-electron chi connectivity index (χ4n) is 1.62. The van der Waals surface area contributed by atoms with Crippen LogP contribution in [0, 0.1) is 0 Å². The Bertz CT molecular complexity index is 331. The first-order chi connectivity index (χ1) is 7.21. The van der Waals surface area contributed by atoms with Gasteiger partial charge in [0.25, 0.3) is 0 Å². The quantitative estimate of drug-likeness (QED) is 0.620. The summed E-state index contributed by atoms with van der Waals surface area (Å²) in [6.45, 7) is 14.3. The Balaban J connectivity index is 2.98. The minimum atomic E-state index is -1.17. The Morgan fingerprint density at radius 2 is 0.938 bits per heavy atom. The number of hydrogen-bond donors (Lipinski definition) is 0. The van der Waals surface area contributed by atoms with Crippen molar-refractivity contribution < 1.29 is 0 Å². The molecule has 16 heavy (non-hydrogen) atoms. The molecule has 1 rings (SSSR count). The third kappa shape index (κ3) is 3.76. The first-order valence-corrected chi connectivity index (χ1v) is 13.0. The summed E-state index contributed by atoms with van der Waals surface area (Å²) in [4.78, 5) is 0. The monoisotopic (exact) mass is 248 g/mol. The molecular weight excluding hydrogens is 224 g/mol. The molecule has 0 aliphatic heterocycles. The van der Waals surface area contributed by atoms with E-state index in [2.05, 4.69) is 75.7 Å².